The quantitative estimate of drug-likeness (QED) is 0.664. The number of ether oxygens (including phenoxy) is 2. The van der Waals surface area contributed by atoms with Crippen molar-refractivity contribution in [2.75, 3.05) is 32.1 Å². The molecule has 0 spiro atoms. The molecule has 0 radical (unpaired) electrons. The molecule has 1 saturated heterocycles. The summed E-state index contributed by atoms with van der Waals surface area (Å²) in [6, 6.07) is 6.96. The summed E-state index contributed by atoms with van der Waals surface area (Å²) < 4.78 is 10.6. The lowest BCUT2D eigenvalue weighted by Crippen LogP contribution is -2.35. The highest BCUT2D eigenvalue weighted by Crippen LogP contribution is 2.29. The van der Waals surface area contributed by atoms with E-state index in [-0.39, 0.29) is 12.5 Å². The molecular weight excluding hydrogens is 408 g/mol. The summed E-state index contributed by atoms with van der Waals surface area (Å²) in [6.45, 7) is 1.75. The van der Waals surface area contributed by atoms with E-state index in [0.717, 1.165) is 37.9 Å². The zero-order valence-electron chi connectivity index (χ0n) is 16.8. The van der Waals surface area contributed by atoms with Crippen LogP contribution in [0.1, 0.15) is 35.2 Å². The van der Waals surface area contributed by atoms with Crippen molar-refractivity contribution in [1.29, 1.82) is 0 Å². The Bertz CT molecular complexity index is 916. The Morgan fingerprint density at radius 3 is 2.63 bits per heavy atom. The van der Waals surface area contributed by atoms with Gasteiger partial charge in [0.1, 0.15) is 5.82 Å². The molecule has 0 aliphatic carbocycles. The van der Waals surface area contributed by atoms with Crippen LogP contribution in [-0.4, -0.2) is 48.5 Å². The lowest BCUT2D eigenvalue weighted by molar-refractivity contribution is -0.119. The van der Waals surface area contributed by atoms with E-state index < -0.39 is 5.91 Å². The first-order valence-electron chi connectivity index (χ1n) is 9.74. The summed E-state index contributed by atoms with van der Waals surface area (Å²) in [4.78, 5) is 29.6. The number of piperidine rings is 1. The summed E-state index contributed by atoms with van der Waals surface area (Å²) in [5.41, 5.74) is 6.49. The molecule has 3 N–H and O–H groups in total. The van der Waals surface area contributed by atoms with Gasteiger partial charge in [0.15, 0.2) is 18.1 Å². The minimum Gasteiger partial charge on any atom is -0.493 e. The molecule has 1 aliphatic heterocycles. The van der Waals surface area contributed by atoms with E-state index in [2.05, 4.69) is 10.3 Å². The van der Waals surface area contributed by atoms with Gasteiger partial charge in [-0.15, -0.1) is 0 Å². The van der Waals surface area contributed by atoms with Crippen molar-refractivity contribution in [2.45, 2.75) is 25.8 Å². The van der Waals surface area contributed by atoms with Gasteiger partial charge in [-0.05, 0) is 43.0 Å². The third-order valence-corrected chi connectivity index (χ3v) is 5.08. The Balaban J connectivity index is 1.64. The number of rotatable bonds is 8. The van der Waals surface area contributed by atoms with Gasteiger partial charge >= 0.3 is 0 Å². The van der Waals surface area contributed by atoms with Crippen LogP contribution in [0.25, 0.3) is 0 Å². The number of nitrogens with one attached hydrogen (secondary N) is 1. The molecule has 30 heavy (non-hydrogen) atoms. The second-order valence-corrected chi connectivity index (χ2v) is 7.41. The summed E-state index contributed by atoms with van der Waals surface area (Å²) in [7, 11) is 1.51. The Morgan fingerprint density at radius 1 is 1.20 bits per heavy atom. The highest BCUT2D eigenvalue weighted by atomic mass is 35.5. The molecule has 160 valence electrons. The SMILES string of the molecule is COc1cc(CNc2ncc(C(=O)N3CCCCC3)cc2Cl)ccc1OCC(N)=O. The van der Waals surface area contributed by atoms with Gasteiger partial charge in [0, 0.05) is 25.8 Å². The second kappa shape index (κ2) is 10.2. The van der Waals surface area contributed by atoms with Gasteiger partial charge in [0.2, 0.25) is 0 Å². The fraction of sp³-hybridized carbons (Fsp3) is 0.381. The fourth-order valence-electron chi connectivity index (χ4n) is 3.24. The molecule has 2 heterocycles. The maximum Gasteiger partial charge on any atom is 0.255 e. The van der Waals surface area contributed by atoms with Crippen LogP contribution in [0.15, 0.2) is 30.5 Å². The number of likely N-dealkylation sites (tertiary alicyclic amines) is 1. The molecule has 0 unspecified atom stereocenters. The Labute approximate surface area is 180 Å². The van der Waals surface area contributed by atoms with Crippen molar-refractivity contribution in [1.82, 2.24) is 9.88 Å². The number of halogens is 1. The first-order chi connectivity index (χ1) is 14.5. The summed E-state index contributed by atoms with van der Waals surface area (Å²) in [5.74, 6) is 0.798. The van der Waals surface area contributed by atoms with Gasteiger partial charge in [-0.3, -0.25) is 9.59 Å². The largest absolute Gasteiger partial charge is 0.493 e. The van der Waals surface area contributed by atoms with Gasteiger partial charge in [0.25, 0.3) is 11.8 Å². The van der Waals surface area contributed by atoms with Gasteiger partial charge in [-0.25, -0.2) is 4.98 Å². The van der Waals surface area contributed by atoms with E-state index in [1.54, 1.807) is 24.4 Å². The number of nitrogens with zero attached hydrogens (tertiary/aromatic N) is 2. The number of anilines is 1. The molecule has 0 bridgehead atoms. The molecule has 1 aliphatic rings. The monoisotopic (exact) mass is 432 g/mol. The zero-order chi connectivity index (χ0) is 21.5. The highest BCUT2D eigenvalue weighted by Gasteiger charge is 2.19. The average molecular weight is 433 g/mol. The van der Waals surface area contributed by atoms with Gasteiger partial charge in [0.05, 0.1) is 17.7 Å². The smallest absolute Gasteiger partial charge is 0.255 e. The summed E-state index contributed by atoms with van der Waals surface area (Å²) >= 11 is 6.35. The van der Waals surface area contributed by atoms with Crippen LogP contribution in [-0.2, 0) is 11.3 Å². The van der Waals surface area contributed by atoms with Crippen molar-refractivity contribution in [3.63, 3.8) is 0 Å². The maximum atomic E-state index is 12.6. The number of carbonyl (C=O) groups is 2. The van der Waals surface area contributed by atoms with Crippen LogP contribution in [0, 0.1) is 0 Å². The lowest BCUT2D eigenvalue weighted by Gasteiger charge is -2.26. The molecule has 0 saturated carbocycles. The number of pyridine rings is 1. The van der Waals surface area contributed by atoms with Crippen molar-refractivity contribution in [3.05, 3.63) is 46.6 Å². The zero-order valence-corrected chi connectivity index (χ0v) is 17.6. The molecule has 8 nitrogen and oxygen atoms in total. The Morgan fingerprint density at radius 2 is 1.97 bits per heavy atom. The third kappa shape index (κ3) is 5.54. The van der Waals surface area contributed by atoms with Gasteiger partial charge in [-0.1, -0.05) is 17.7 Å². The number of hydrogen-bond donors (Lipinski definition) is 2. The third-order valence-electron chi connectivity index (χ3n) is 4.79. The van der Waals surface area contributed by atoms with Crippen molar-refractivity contribution < 1.29 is 19.1 Å². The van der Waals surface area contributed by atoms with Crippen molar-refractivity contribution in [3.8, 4) is 11.5 Å². The van der Waals surface area contributed by atoms with Crippen molar-refractivity contribution in [2.24, 2.45) is 5.73 Å². The normalized spacial score (nSPS) is 13.6. The van der Waals surface area contributed by atoms with Crippen LogP contribution >= 0.6 is 11.6 Å². The molecule has 2 aromatic rings. The van der Waals surface area contributed by atoms with E-state index >= 15 is 0 Å². The molecule has 9 heteroatoms. The topological polar surface area (TPSA) is 107 Å². The fourth-order valence-corrected chi connectivity index (χ4v) is 3.47. The molecule has 0 atom stereocenters. The van der Waals surface area contributed by atoms with Crippen molar-refractivity contribution >= 4 is 29.2 Å². The lowest BCUT2D eigenvalue weighted by atomic mass is 10.1. The number of amides is 2. The van der Waals surface area contributed by atoms with Crippen LogP contribution in [0.4, 0.5) is 5.82 Å². The number of benzene rings is 1. The molecule has 3 rings (SSSR count). The van der Waals surface area contributed by atoms with Gasteiger partial charge in [-0.2, -0.15) is 0 Å². The summed E-state index contributed by atoms with van der Waals surface area (Å²) in [5, 5.41) is 3.54. The average Bonchev–Trinajstić information content (AvgIpc) is 2.77. The number of aromatic nitrogens is 1. The first-order valence-corrected chi connectivity index (χ1v) is 10.1. The van der Waals surface area contributed by atoms with Crippen LogP contribution in [0.5, 0.6) is 11.5 Å². The van der Waals surface area contributed by atoms with Crippen LogP contribution in [0.2, 0.25) is 5.02 Å². The van der Waals surface area contributed by atoms with E-state index in [9.17, 15) is 9.59 Å². The predicted octanol–water partition coefficient (Wildman–Crippen LogP) is 2.85. The standard InChI is InChI=1S/C21H25ClN4O4/c1-29-18-9-14(5-6-17(18)30-13-19(23)27)11-24-20-16(22)10-15(12-25-20)21(28)26-7-3-2-4-8-26/h5-6,9-10,12H,2-4,7-8,11,13H2,1H3,(H2,23,27)(H,24,25). The predicted molar refractivity (Wildman–Crippen MR) is 114 cm³/mol. The molecule has 1 aromatic heterocycles. The highest BCUT2D eigenvalue weighted by molar-refractivity contribution is 6.33. The molecule has 1 aromatic carbocycles. The molecule has 2 amide bonds. The van der Waals surface area contributed by atoms with Gasteiger partial charge < -0.3 is 25.4 Å². The number of carbonyl (C=O) groups excluding carboxylic acids is 2. The second-order valence-electron chi connectivity index (χ2n) is 7.00. The summed E-state index contributed by atoms with van der Waals surface area (Å²) in [6.07, 6.45) is 4.77. The first kappa shape index (κ1) is 21.7. The van der Waals surface area contributed by atoms with E-state index in [1.165, 1.54) is 7.11 Å². The van der Waals surface area contributed by atoms with E-state index in [4.69, 9.17) is 26.8 Å². The minimum atomic E-state index is -0.564. The number of primary amides is 1. The minimum absolute atomic E-state index is 0.0352. The van der Waals surface area contributed by atoms with E-state index in [0.29, 0.717) is 34.4 Å². The Kier molecular flexibility index (Phi) is 7.35. The maximum absolute atomic E-state index is 12.6. The van der Waals surface area contributed by atoms with E-state index in [1.807, 2.05) is 11.0 Å². The number of hydrogen-bond acceptors (Lipinski definition) is 6. The number of methoxy groups -OCH3 is 1. The molecule has 1 fully saturated rings. The number of nitrogens with two attached hydrogens (primary N) is 1. The molecular formula is C21H25ClN4O4. The Hall–Kier alpha value is -3.00. The van der Waals surface area contributed by atoms with Crippen LogP contribution in [0.3, 0.4) is 0 Å². The van der Waals surface area contributed by atoms with Crippen LogP contribution < -0.4 is 20.5 Å².